The number of nitrogens with one attached hydrogen (secondary N) is 1. The molecule has 1 aromatic carbocycles. The molecule has 132 valence electrons. The molecule has 1 amide bonds. The number of carbonyl (C=O) groups excluding carboxylic acids is 1. The van der Waals surface area contributed by atoms with Gasteiger partial charge in [0, 0.05) is 30.4 Å². The van der Waals surface area contributed by atoms with Crippen molar-refractivity contribution in [3.63, 3.8) is 0 Å². The number of benzene rings is 1. The molecule has 6 nitrogen and oxygen atoms in total. The molecule has 0 atom stereocenters. The summed E-state index contributed by atoms with van der Waals surface area (Å²) in [5.41, 5.74) is 8.46. The number of H-pyrrole nitrogens is 1. The van der Waals surface area contributed by atoms with E-state index in [2.05, 4.69) is 4.98 Å². The fraction of sp³-hybridized carbons (Fsp3) is 0.421. The van der Waals surface area contributed by atoms with Gasteiger partial charge in [-0.15, -0.1) is 0 Å². The molecular formula is C19H24N4O2. The number of carbonyl (C=O) groups is 1. The third kappa shape index (κ3) is 2.87. The van der Waals surface area contributed by atoms with Gasteiger partial charge in [0.05, 0.1) is 0 Å². The highest BCUT2D eigenvalue weighted by atomic mass is 16.5. The van der Waals surface area contributed by atoms with E-state index in [-0.39, 0.29) is 11.4 Å². The number of amides is 1. The Labute approximate surface area is 147 Å². The average Bonchev–Trinajstić information content (AvgIpc) is 3.30. The molecule has 6 heteroatoms. The number of nitrogens with two attached hydrogens (primary N) is 1. The van der Waals surface area contributed by atoms with E-state index < -0.39 is 0 Å². The maximum absolute atomic E-state index is 12.6. The second-order valence-corrected chi connectivity index (χ2v) is 7.37. The Bertz CT molecular complexity index is 783. The third-order valence-corrected chi connectivity index (χ3v) is 4.93. The minimum atomic E-state index is -0.368. The molecule has 0 radical (unpaired) electrons. The Morgan fingerprint density at radius 1 is 1.20 bits per heavy atom. The van der Waals surface area contributed by atoms with E-state index in [1.807, 2.05) is 54.0 Å². The Morgan fingerprint density at radius 2 is 1.88 bits per heavy atom. The largest absolute Gasteiger partial charge is 0.469 e. The van der Waals surface area contributed by atoms with Crippen LogP contribution >= 0.6 is 0 Å². The van der Waals surface area contributed by atoms with Crippen LogP contribution in [-0.2, 0) is 5.54 Å². The van der Waals surface area contributed by atoms with Crippen LogP contribution in [0.2, 0.25) is 0 Å². The summed E-state index contributed by atoms with van der Waals surface area (Å²) in [5.74, 6) is 1.61. The van der Waals surface area contributed by atoms with E-state index in [4.69, 9.17) is 10.5 Å². The lowest BCUT2D eigenvalue weighted by Crippen LogP contribution is -2.28. The van der Waals surface area contributed by atoms with Crippen LogP contribution in [0.15, 0.2) is 30.3 Å². The Hall–Kier alpha value is -2.47. The van der Waals surface area contributed by atoms with Crippen LogP contribution in [0.5, 0.6) is 5.75 Å². The van der Waals surface area contributed by atoms with Gasteiger partial charge in [0.1, 0.15) is 5.69 Å². The smallest absolute Gasteiger partial charge is 0.270 e. The van der Waals surface area contributed by atoms with Gasteiger partial charge in [-0.25, -0.2) is 0 Å². The number of anilines is 2. The van der Waals surface area contributed by atoms with E-state index in [9.17, 15) is 4.79 Å². The molecule has 1 aromatic heterocycles. The molecule has 0 aliphatic carbocycles. The van der Waals surface area contributed by atoms with Gasteiger partial charge in [0.15, 0.2) is 18.3 Å². The van der Waals surface area contributed by atoms with Crippen LogP contribution in [0, 0.1) is 0 Å². The van der Waals surface area contributed by atoms with Crippen molar-refractivity contribution in [3.05, 3.63) is 41.6 Å². The predicted octanol–water partition coefficient (Wildman–Crippen LogP) is 2.93. The molecule has 0 bridgehead atoms. The average molecular weight is 340 g/mol. The Morgan fingerprint density at radius 3 is 2.52 bits per heavy atom. The fourth-order valence-corrected chi connectivity index (χ4v) is 3.41. The number of nitrogens with zero attached hydrogens (tertiary/aromatic N) is 2. The zero-order valence-corrected chi connectivity index (χ0v) is 14.7. The second kappa shape index (κ2) is 5.81. The molecule has 25 heavy (non-hydrogen) atoms. The van der Waals surface area contributed by atoms with Crippen molar-refractivity contribution >= 4 is 17.4 Å². The number of rotatable bonds is 3. The summed E-state index contributed by atoms with van der Waals surface area (Å²) in [6.07, 6.45) is 2.16. The van der Waals surface area contributed by atoms with Gasteiger partial charge in [0.2, 0.25) is 0 Å². The maximum Gasteiger partial charge on any atom is 0.270 e. The summed E-state index contributed by atoms with van der Waals surface area (Å²) in [6, 6.07) is 9.95. The topological polar surface area (TPSA) is 74.6 Å². The minimum absolute atomic E-state index is 0.0516. The Balaban J connectivity index is 1.58. The zero-order chi connectivity index (χ0) is 17.6. The van der Waals surface area contributed by atoms with E-state index in [1.165, 1.54) is 0 Å². The monoisotopic (exact) mass is 340 g/mol. The standard InChI is InChI=1S/C19H24N4O2/c1-19(2,20)13-5-7-14(8-6-13)23-12-25-16-11-15(21-17(16)23)18(24)22-9-3-4-10-22/h5-8,11,21H,3-4,9-10,12,20H2,1-2H3. The van der Waals surface area contributed by atoms with Crippen molar-refractivity contribution in [2.75, 3.05) is 24.7 Å². The number of hydrogen-bond donors (Lipinski definition) is 2. The van der Waals surface area contributed by atoms with Gasteiger partial charge in [-0.3, -0.25) is 9.69 Å². The van der Waals surface area contributed by atoms with Crippen LogP contribution in [0.1, 0.15) is 42.7 Å². The van der Waals surface area contributed by atoms with Crippen molar-refractivity contribution in [2.45, 2.75) is 32.2 Å². The SMILES string of the molecule is CC(C)(N)c1ccc(N2COc3cc(C(=O)N4CCCC4)[nH]c32)cc1. The molecule has 0 spiro atoms. The molecule has 3 heterocycles. The molecule has 2 aromatic rings. The first-order chi connectivity index (χ1) is 11.9. The van der Waals surface area contributed by atoms with Crippen molar-refractivity contribution < 1.29 is 9.53 Å². The summed E-state index contributed by atoms with van der Waals surface area (Å²) in [4.78, 5) is 19.7. The third-order valence-electron chi connectivity index (χ3n) is 4.93. The van der Waals surface area contributed by atoms with Gasteiger partial charge in [-0.2, -0.15) is 0 Å². The zero-order valence-electron chi connectivity index (χ0n) is 14.7. The first-order valence-electron chi connectivity index (χ1n) is 8.75. The molecule has 1 saturated heterocycles. The van der Waals surface area contributed by atoms with Crippen LogP contribution in [0.25, 0.3) is 0 Å². The number of ether oxygens (including phenoxy) is 1. The van der Waals surface area contributed by atoms with E-state index in [0.29, 0.717) is 12.4 Å². The highest BCUT2D eigenvalue weighted by molar-refractivity contribution is 5.94. The lowest BCUT2D eigenvalue weighted by atomic mass is 9.95. The molecule has 1 fully saturated rings. The lowest BCUT2D eigenvalue weighted by molar-refractivity contribution is 0.0787. The minimum Gasteiger partial charge on any atom is -0.469 e. The van der Waals surface area contributed by atoms with Gasteiger partial charge >= 0.3 is 0 Å². The first-order valence-corrected chi connectivity index (χ1v) is 8.75. The maximum atomic E-state index is 12.6. The molecule has 2 aliphatic heterocycles. The molecule has 0 unspecified atom stereocenters. The highest BCUT2D eigenvalue weighted by Crippen LogP contribution is 2.39. The number of likely N-dealkylation sites (tertiary alicyclic amines) is 1. The number of hydrogen-bond acceptors (Lipinski definition) is 4. The summed E-state index contributed by atoms with van der Waals surface area (Å²) in [5, 5.41) is 0. The van der Waals surface area contributed by atoms with Crippen molar-refractivity contribution in [1.82, 2.24) is 9.88 Å². The second-order valence-electron chi connectivity index (χ2n) is 7.37. The Kier molecular flexibility index (Phi) is 3.72. The van der Waals surface area contributed by atoms with Crippen LogP contribution in [0.3, 0.4) is 0 Å². The van der Waals surface area contributed by atoms with Crippen LogP contribution in [-0.4, -0.2) is 35.6 Å². The van der Waals surface area contributed by atoms with E-state index in [1.54, 1.807) is 0 Å². The van der Waals surface area contributed by atoms with Crippen molar-refractivity contribution in [3.8, 4) is 5.75 Å². The number of aromatic nitrogens is 1. The summed E-state index contributed by atoms with van der Waals surface area (Å²) in [7, 11) is 0. The van der Waals surface area contributed by atoms with Crippen molar-refractivity contribution in [1.29, 1.82) is 0 Å². The van der Waals surface area contributed by atoms with Crippen molar-refractivity contribution in [2.24, 2.45) is 5.73 Å². The summed E-state index contributed by atoms with van der Waals surface area (Å²) >= 11 is 0. The number of aromatic amines is 1. The summed E-state index contributed by atoms with van der Waals surface area (Å²) < 4.78 is 5.76. The molecular weight excluding hydrogens is 316 g/mol. The normalized spacial score (nSPS) is 16.9. The molecule has 4 rings (SSSR count). The fourth-order valence-electron chi connectivity index (χ4n) is 3.41. The predicted molar refractivity (Wildman–Crippen MR) is 97.2 cm³/mol. The molecule has 3 N–H and O–H groups in total. The first kappa shape index (κ1) is 16.0. The highest BCUT2D eigenvalue weighted by Gasteiger charge is 2.29. The molecule has 2 aliphatic rings. The lowest BCUT2D eigenvalue weighted by Gasteiger charge is -2.21. The van der Waals surface area contributed by atoms with Gasteiger partial charge < -0.3 is 20.4 Å². The summed E-state index contributed by atoms with van der Waals surface area (Å²) in [6.45, 7) is 6.08. The van der Waals surface area contributed by atoms with E-state index in [0.717, 1.165) is 48.7 Å². The quantitative estimate of drug-likeness (QED) is 0.901. The number of fused-ring (bicyclic) bond motifs is 1. The van der Waals surface area contributed by atoms with Crippen LogP contribution in [0.4, 0.5) is 11.5 Å². The van der Waals surface area contributed by atoms with E-state index >= 15 is 0 Å². The molecule has 0 saturated carbocycles. The van der Waals surface area contributed by atoms with Gasteiger partial charge in [-0.1, -0.05) is 12.1 Å². The van der Waals surface area contributed by atoms with Gasteiger partial charge in [0.25, 0.3) is 5.91 Å². The van der Waals surface area contributed by atoms with Gasteiger partial charge in [-0.05, 0) is 44.4 Å². The van der Waals surface area contributed by atoms with Crippen LogP contribution < -0.4 is 15.4 Å².